The number of rotatable bonds is 3. The molecule has 0 saturated carbocycles. The summed E-state index contributed by atoms with van der Waals surface area (Å²) in [6, 6.07) is 11.4. The van der Waals surface area contributed by atoms with Crippen LogP contribution in [0.3, 0.4) is 0 Å². The van der Waals surface area contributed by atoms with E-state index in [0.29, 0.717) is 5.75 Å². The third kappa shape index (κ3) is 3.17. The lowest BCUT2D eigenvalue weighted by atomic mass is 10.3. The molecule has 0 fully saturated rings. The lowest BCUT2D eigenvalue weighted by molar-refractivity contribution is -0.385. The number of hydrogen-bond donors (Lipinski definition) is 0. The largest absolute Gasteiger partial charge is 0.439 e. The predicted octanol–water partition coefficient (Wildman–Crippen LogP) is 3.26. The van der Waals surface area contributed by atoms with Crippen molar-refractivity contribution in [2.24, 2.45) is 0 Å². The molecule has 19 heavy (non-hydrogen) atoms. The molecule has 0 saturated heterocycles. The minimum Gasteiger partial charge on any atom is -0.439 e. The van der Waals surface area contributed by atoms with E-state index in [-0.39, 0.29) is 17.3 Å². The Morgan fingerprint density at radius 3 is 2.53 bits per heavy atom. The molecule has 0 unspecified atom stereocenters. The van der Waals surface area contributed by atoms with E-state index >= 15 is 0 Å². The van der Waals surface area contributed by atoms with Gasteiger partial charge in [0.15, 0.2) is 0 Å². The molecule has 1 aromatic heterocycles. The number of nitro groups is 1. The summed E-state index contributed by atoms with van der Waals surface area (Å²) in [7, 11) is 0. The Morgan fingerprint density at radius 1 is 1.26 bits per heavy atom. The topological polar surface area (TPSA) is 89.0 Å². The van der Waals surface area contributed by atoms with Gasteiger partial charge in [-0.2, -0.15) is 10.2 Å². The predicted molar refractivity (Wildman–Crippen MR) is 74.8 cm³/mol. The van der Waals surface area contributed by atoms with E-state index in [4.69, 9.17) is 10.00 Å². The van der Waals surface area contributed by atoms with Gasteiger partial charge in [-0.1, -0.05) is 0 Å². The number of hydrogen-bond acceptors (Lipinski definition) is 5. The first-order valence-corrected chi connectivity index (χ1v) is 6.17. The van der Waals surface area contributed by atoms with Crippen LogP contribution in [-0.4, -0.2) is 9.91 Å². The van der Waals surface area contributed by atoms with Crippen LogP contribution in [0.4, 0.5) is 5.69 Å². The Balaban J connectivity index is 2.29. The van der Waals surface area contributed by atoms with Crippen molar-refractivity contribution in [2.75, 3.05) is 0 Å². The zero-order valence-corrected chi connectivity index (χ0v) is 11.6. The fourth-order valence-corrected chi connectivity index (χ4v) is 1.70. The monoisotopic (exact) mass is 367 g/mol. The summed E-state index contributed by atoms with van der Waals surface area (Å²) in [6.07, 6.45) is 0. The van der Waals surface area contributed by atoms with Gasteiger partial charge in [0, 0.05) is 15.7 Å². The third-order valence-corrected chi connectivity index (χ3v) is 2.91. The molecule has 0 N–H and O–H groups in total. The van der Waals surface area contributed by atoms with E-state index < -0.39 is 4.92 Å². The summed E-state index contributed by atoms with van der Waals surface area (Å²) in [5.41, 5.74) is -0.606. The Labute approximate surface area is 121 Å². The second-order valence-corrected chi connectivity index (χ2v) is 4.69. The van der Waals surface area contributed by atoms with Crippen LogP contribution in [0.1, 0.15) is 5.69 Å². The van der Waals surface area contributed by atoms with Crippen LogP contribution in [0.2, 0.25) is 0 Å². The number of pyridine rings is 1. The van der Waals surface area contributed by atoms with Gasteiger partial charge in [0.1, 0.15) is 11.8 Å². The van der Waals surface area contributed by atoms with Crippen LogP contribution in [-0.2, 0) is 0 Å². The quantitative estimate of drug-likeness (QED) is 0.472. The SMILES string of the molecule is N#Cc1nc(Oc2ccc(I)cc2)ccc1[N+](=O)[O-]. The third-order valence-electron chi connectivity index (χ3n) is 2.19. The summed E-state index contributed by atoms with van der Waals surface area (Å²) in [5, 5.41) is 19.5. The van der Waals surface area contributed by atoms with Crippen molar-refractivity contribution < 1.29 is 9.66 Å². The average Bonchev–Trinajstić information content (AvgIpc) is 2.41. The van der Waals surface area contributed by atoms with Crippen molar-refractivity contribution >= 4 is 28.3 Å². The Hall–Kier alpha value is -2.21. The molecule has 2 rings (SSSR count). The van der Waals surface area contributed by atoms with Gasteiger partial charge >= 0.3 is 5.69 Å². The molecule has 1 aromatic carbocycles. The summed E-state index contributed by atoms with van der Waals surface area (Å²) < 4.78 is 6.48. The maximum Gasteiger partial charge on any atom is 0.305 e. The van der Waals surface area contributed by atoms with E-state index in [1.165, 1.54) is 12.1 Å². The molecule has 6 nitrogen and oxygen atoms in total. The van der Waals surface area contributed by atoms with Gasteiger partial charge in [-0.15, -0.1) is 0 Å². The normalized spacial score (nSPS) is 9.68. The first-order chi connectivity index (χ1) is 9.10. The maximum atomic E-state index is 10.7. The molecular formula is C12H6IN3O3. The van der Waals surface area contributed by atoms with Crippen molar-refractivity contribution in [3.8, 4) is 17.7 Å². The van der Waals surface area contributed by atoms with E-state index in [1.54, 1.807) is 18.2 Å². The van der Waals surface area contributed by atoms with Gasteiger partial charge in [-0.3, -0.25) is 10.1 Å². The molecule has 0 aliphatic heterocycles. The minimum atomic E-state index is -0.653. The number of aromatic nitrogens is 1. The highest BCUT2D eigenvalue weighted by Crippen LogP contribution is 2.24. The zero-order chi connectivity index (χ0) is 13.8. The first kappa shape index (κ1) is 13.2. The summed E-state index contributed by atoms with van der Waals surface area (Å²) >= 11 is 2.16. The molecule has 1 heterocycles. The lowest BCUT2D eigenvalue weighted by Gasteiger charge is -2.04. The average molecular weight is 367 g/mol. The summed E-state index contributed by atoms with van der Waals surface area (Å²) in [4.78, 5) is 13.8. The maximum absolute atomic E-state index is 10.7. The van der Waals surface area contributed by atoms with Crippen LogP contribution >= 0.6 is 22.6 Å². The number of nitrogens with zero attached hydrogens (tertiary/aromatic N) is 3. The fourth-order valence-electron chi connectivity index (χ4n) is 1.34. The van der Waals surface area contributed by atoms with Gasteiger partial charge in [0.2, 0.25) is 11.6 Å². The standard InChI is InChI=1S/C12H6IN3O3/c13-8-1-3-9(4-2-8)19-12-6-5-11(16(17)18)10(7-14)15-12/h1-6H. The number of nitriles is 1. The van der Waals surface area contributed by atoms with Crippen LogP contribution in [0.25, 0.3) is 0 Å². The molecule has 0 spiro atoms. The molecule has 0 amide bonds. The summed E-state index contributed by atoms with van der Waals surface area (Å²) in [5.74, 6) is 0.689. The molecule has 94 valence electrons. The van der Waals surface area contributed by atoms with Gasteiger partial charge in [0.05, 0.1) is 4.92 Å². The van der Waals surface area contributed by atoms with Crippen molar-refractivity contribution in [3.63, 3.8) is 0 Å². The minimum absolute atomic E-state index is 0.142. The van der Waals surface area contributed by atoms with Crippen LogP contribution in [0.5, 0.6) is 11.6 Å². The lowest BCUT2D eigenvalue weighted by Crippen LogP contribution is -1.97. The molecule has 7 heteroatoms. The highest BCUT2D eigenvalue weighted by atomic mass is 127. The smallest absolute Gasteiger partial charge is 0.305 e. The molecule has 0 aliphatic carbocycles. The van der Waals surface area contributed by atoms with Crippen LogP contribution in [0, 0.1) is 25.0 Å². The molecule has 2 aromatic rings. The fraction of sp³-hybridized carbons (Fsp3) is 0. The van der Waals surface area contributed by atoms with E-state index in [0.717, 1.165) is 3.57 Å². The Morgan fingerprint density at radius 2 is 1.95 bits per heavy atom. The van der Waals surface area contributed by atoms with Crippen molar-refractivity contribution in [3.05, 3.63) is 55.8 Å². The summed E-state index contributed by atoms with van der Waals surface area (Å²) in [6.45, 7) is 0. The van der Waals surface area contributed by atoms with Gasteiger partial charge < -0.3 is 4.74 Å². The van der Waals surface area contributed by atoms with Crippen molar-refractivity contribution in [1.82, 2.24) is 4.98 Å². The number of halogens is 1. The number of ether oxygens (including phenoxy) is 1. The Kier molecular flexibility index (Phi) is 3.91. The Bertz CT molecular complexity index is 665. The highest BCUT2D eigenvalue weighted by molar-refractivity contribution is 14.1. The van der Waals surface area contributed by atoms with Gasteiger partial charge in [-0.25, -0.2) is 0 Å². The number of benzene rings is 1. The highest BCUT2D eigenvalue weighted by Gasteiger charge is 2.16. The van der Waals surface area contributed by atoms with E-state index in [1.807, 2.05) is 12.1 Å². The van der Waals surface area contributed by atoms with Gasteiger partial charge in [0.25, 0.3) is 0 Å². The molecule has 0 bridgehead atoms. The molecule has 0 atom stereocenters. The molecular weight excluding hydrogens is 361 g/mol. The van der Waals surface area contributed by atoms with E-state index in [9.17, 15) is 10.1 Å². The van der Waals surface area contributed by atoms with Crippen molar-refractivity contribution in [2.45, 2.75) is 0 Å². The molecule has 0 aliphatic rings. The van der Waals surface area contributed by atoms with Crippen LogP contribution in [0.15, 0.2) is 36.4 Å². The molecule has 0 radical (unpaired) electrons. The van der Waals surface area contributed by atoms with Crippen LogP contribution < -0.4 is 4.74 Å². The first-order valence-electron chi connectivity index (χ1n) is 5.09. The van der Waals surface area contributed by atoms with E-state index in [2.05, 4.69) is 27.6 Å². The second-order valence-electron chi connectivity index (χ2n) is 3.44. The van der Waals surface area contributed by atoms with Crippen molar-refractivity contribution in [1.29, 1.82) is 5.26 Å². The second kappa shape index (κ2) is 5.62. The van der Waals surface area contributed by atoms with Gasteiger partial charge in [-0.05, 0) is 46.9 Å². The zero-order valence-electron chi connectivity index (χ0n) is 9.41.